The molecule has 1 saturated carbocycles. The fraction of sp³-hybridized carbons (Fsp3) is 0.405. The molecule has 0 unspecified atom stereocenters. The van der Waals surface area contributed by atoms with Crippen molar-refractivity contribution < 1.29 is 9.59 Å². The van der Waals surface area contributed by atoms with Crippen LogP contribution < -0.4 is 10.2 Å². The Hall–Kier alpha value is -3.71. The maximum absolute atomic E-state index is 14.7. The number of thioether (sulfide) groups is 1. The van der Waals surface area contributed by atoms with E-state index in [1.807, 2.05) is 78.1 Å². The number of anilines is 2. The Morgan fingerprint density at radius 2 is 1.59 bits per heavy atom. The summed E-state index contributed by atoms with van der Waals surface area (Å²) in [7, 11) is 4.00. The molecule has 1 aliphatic heterocycles. The Kier molecular flexibility index (Phi) is 8.27. The molecule has 2 N–H and O–H groups in total. The number of amides is 2. The van der Waals surface area contributed by atoms with Crippen LogP contribution in [0.4, 0.5) is 11.4 Å². The van der Waals surface area contributed by atoms with Gasteiger partial charge in [0.15, 0.2) is 0 Å². The van der Waals surface area contributed by atoms with Gasteiger partial charge in [-0.25, -0.2) is 0 Å². The van der Waals surface area contributed by atoms with Crippen molar-refractivity contribution in [3.05, 3.63) is 95.7 Å². The summed E-state index contributed by atoms with van der Waals surface area (Å²) in [5, 5.41) is 4.47. The van der Waals surface area contributed by atoms with E-state index < -0.39 is 5.54 Å². The van der Waals surface area contributed by atoms with Gasteiger partial charge in [-0.2, -0.15) is 11.8 Å². The minimum atomic E-state index is -0.913. The third-order valence-electron chi connectivity index (χ3n) is 10.1. The largest absolute Gasteiger partial charge is 0.378 e. The van der Waals surface area contributed by atoms with Crippen LogP contribution in [-0.4, -0.2) is 52.8 Å². The molecule has 44 heavy (non-hydrogen) atoms. The number of aromatic amines is 1. The number of aryl methyl sites for hydroxylation is 1. The van der Waals surface area contributed by atoms with Gasteiger partial charge in [0.25, 0.3) is 0 Å². The van der Waals surface area contributed by atoms with Gasteiger partial charge in [-0.1, -0.05) is 62.4 Å². The van der Waals surface area contributed by atoms with Crippen LogP contribution in [-0.2, 0) is 16.1 Å². The minimum absolute atomic E-state index is 0.0180. The number of rotatable bonds is 9. The first kappa shape index (κ1) is 30.3. The smallest absolute Gasteiger partial charge is 0.250 e. The molecule has 0 radical (unpaired) electrons. The number of aromatic nitrogens is 1. The summed E-state index contributed by atoms with van der Waals surface area (Å²) in [5.74, 6) is 2.15. The summed E-state index contributed by atoms with van der Waals surface area (Å²) >= 11 is 1.86. The van der Waals surface area contributed by atoms with Gasteiger partial charge in [0.2, 0.25) is 11.8 Å². The van der Waals surface area contributed by atoms with Crippen LogP contribution in [0.2, 0.25) is 0 Å². The Labute approximate surface area is 265 Å². The van der Waals surface area contributed by atoms with Crippen LogP contribution >= 0.6 is 11.8 Å². The molecule has 2 aliphatic rings. The fourth-order valence-corrected chi connectivity index (χ4v) is 8.53. The quantitative estimate of drug-likeness (QED) is 0.205. The first-order chi connectivity index (χ1) is 21.1. The number of H-pyrrole nitrogens is 1. The van der Waals surface area contributed by atoms with Crippen LogP contribution in [0.25, 0.3) is 10.9 Å². The van der Waals surface area contributed by atoms with E-state index in [0.717, 1.165) is 34.0 Å². The van der Waals surface area contributed by atoms with Gasteiger partial charge in [-0.15, -0.1) is 0 Å². The number of carbonyl (C=O) groups is 2. The summed E-state index contributed by atoms with van der Waals surface area (Å²) < 4.78 is 0. The monoisotopic (exact) mass is 608 g/mol. The molecule has 0 bridgehead atoms. The van der Waals surface area contributed by atoms with Crippen LogP contribution in [0.15, 0.2) is 78.9 Å². The Morgan fingerprint density at radius 3 is 2.27 bits per heavy atom. The number of benzene rings is 3. The second kappa shape index (κ2) is 12.0. The van der Waals surface area contributed by atoms with Gasteiger partial charge in [0.05, 0.1) is 0 Å². The normalized spacial score (nSPS) is 20.2. The van der Waals surface area contributed by atoms with Crippen molar-refractivity contribution in [3.63, 3.8) is 0 Å². The zero-order chi connectivity index (χ0) is 31.1. The van der Waals surface area contributed by atoms with Crippen LogP contribution in [0.5, 0.6) is 0 Å². The van der Waals surface area contributed by atoms with Gasteiger partial charge in [-0.3, -0.25) is 9.59 Å². The lowest BCUT2D eigenvalue weighted by atomic mass is 9.87. The van der Waals surface area contributed by atoms with Gasteiger partial charge in [0.1, 0.15) is 5.54 Å². The van der Waals surface area contributed by atoms with E-state index in [4.69, 9.17) is 0 Å². The first-order valence-corrected chi connectivity index (χ1v) is 16.9. The average Bonchev–Trinajstić information content (AvgIpc) is 3.37. The van der Waals surface area contributed by atoms with E-state index in [-0.39, 0.29) is 29.1 Å². The van der Waals surface area contributed by atoms with Gasteiger partial charge in [0, 0.05) is 55.0 Å². The van der Waals surface area contributed by atoms with E-state index in [9.17, 15) is 9.59 Å². The first-order valence-electron chi connectivity index (χ1n) is 15.7. The molecule has 2 heterocycles. The van der Waals surface area contributed by atoms with Crippen molar-refractivity contribution in [2.24, 2.45) is 11.3 Å². The predicted molar refractivity (Wildman–Crippen MR) is 183 cm³/mol. The standard InChI is InChI=1S/C37H44N4O2S/c1-25-33(29-13-9-10-14-31(29)38-25)34-30(36(34,2)3)23-32(42)41(24-26-11-7-6-8-12-26)37(19-21-44-22-20-37)35(43)39-27-15-17-28(18-16-27)40(4)5/h6-18,30,34,38H,19-24H2,1-5H3,(H,39,43)/t30-,34-/m0/s1. The van der Waals surface area contributed by atoms with Gasteiger partial charge >= 0.3 is 0 Å². The molecule has 3 aromatic carbocycles. The molecule has 1 saturated heterocycles. The third kappa shape index (κ3) is 5.63. The Balaban J connectivity index is 1.32. The number of carbonyl (C=O) groups excluding carboxylic acids is 2. The molecule has 6 rings (SSSR count). The topological polar surface area (TPSA) is 68.4 Å². The SMILES string of the molecule is Cc1[nH]c2ccccc2c1[C@@H]1[C@H](CC(=O)N(Cc2ccccc2)C2(C(=O)Nc3ccc(N(C)C)cc3)CCSCC2)C1(C)C. The zero-order valence-corrected chi connectivity index (χ0v) is 27.3. The van der Waals surface area contributed by atoms with E-state index in [1.54, 1.807) is 0 Å². The van der Waals surface area contributed by atoms with Crippen molar-refractivity contribution in [3.8, 4) is 0 Å². The fourth-order valence-electron chi connectivity index (χ4n) is 7.36. The lowest BCUT2D eigenvalue weighted by Crippen LogP contribution is -2.60. The highest BCUT2D eigenvalue weighted by molar-refractivity contribution is 7.99. The molecule has 7 heteroatoms. The van der Waals surface area contributed by atoms with Gasteiger partial charge < -0.3 is 20.1 Å². The molecule has 6 nitrogen and oxygen atoms in total. The van der Waals surface area contributed by atoms with Crippen molar-refractivity contribution in [2.45, 2.75) is 58.0 Å². The van der Waals surface area contributed by atoms with E-state index in [0.29, 0.717) is 25.8 Å². The number of nitrogens with zero attached hydrogens (tertiary/aromatic N) is 2. The molecule has 0 spiro atoms. The highest BCUT2D eigenvalue weighted by atomic mass is 32.2. The second-order valence-corrected chi connectivity index (χ2v) is 14.5. The van der Waals surface area contributed by atoms with Crippen LogP contribution in [0.3, 0.4) is 0 Å². The van der Waals surface area contributed by atoms with E-state index in [2.05, 4.69) is 67.5 Å². The Morgan fingerprint density at radius 1 is 0.932 bits per heavy atom. The third-order valence-corrected chi connectivity index (χ3v) is 11.1. The average molecular weight is 609 g/mol. The number of para-hydroxylation sites is 1. The molecule has 2 atom stereocenters. The lowest BCUT2D eigenvalue weighted by molar-refractivity contribution is -0.147. The lowest BCUT2D eigenvalue weighted by Gasteiger charge is -2.45. The molecule has 2 amide bonds. The maximum Gasteiger partial charge on any atom is 0.250 e. The van der Waals surface area contributed by atoms with Crippen LogP contribution in [0.1, 0.15) is 55.8 Å². The summed E-state index contributed by atoms with van der Waals surface area (Å²) in [6, 6.07) is 26.5. The van der Waals surface area contributed by atoms with Crippen molar-refractivity contribution in [1.29, 1.82) is 0 Å². The van der Waals surface area contributed by atoms with E-state index >= 15 is 0 Å². The summed E-state index contributed by atoms with van der Waals surface area (Å²) in [6.45, 7) is 7.14. The van der Waals surface area contributed by atoms with Crippen molar-refractivity contribution >= 4 is 45.9 Å². The van der Waals surface area contributed by atoms with Crippen LogP contribution in [0, 0.1) is 18.3 Å². The summed E-state index contributed by atoms with van der Waals surface area (Å²) in [6.07, 6.45) is 1.69. The maximum atomic E-state index is 14.7. The minimum Gasteiger partial charge on any atom is -0.378 e. The summed E-state index contributed by atoms with van der Waals surface area (Å²) in [4.78, 5) is 36.6. The molecular formula is C37H44N4O2S. The van der Waals surface area contributed by atoms with Crippen molar-refractivity contribution in [1.82, 2.24) is 9.88 Å². The van der Waals surface area contributed by atoms with E-state index in [1.165, 1.54) is 16.6 Å². The number of hydrogen-bond donors (Lipinski definition) is 2. The molecule has 2 fully saturated rings. The Bertz CT molecular complexity index is 1640. The van der Waals surface area contributed by atoms with Crippen molar-refractivity contribution in [2.75, 3.05) is 35.8 Å². The highest BCUT2D eigenvalue weighted by Crippen LogP contribution is 2.67. The molecule has 1 aliphatic carbocycles. The highest BCUT2D eigenvalue weighted by Gasteiger charge is 2.60. The summed E-state index contributed by atoms with van der Waals surface area (Å²) in [5.41, 5.74) is 5.59. The predicted octanol–water partition coefficient (Wildman–Crippen LogP) is 7.61. The molecule has 230 valence electrons. The van der Waals surface area contributed by atoms with Gasteiger partial charge in [-0.05, 0) is 90.0 Å². The zero-order valence-electron chi connectivity index (χ0n) is 26.5. The molecular weight excluding hydrogens is 565 g/mol. The number of hydrogen-bond acceptors (Lipinski definition) is 4. The molecule has 4 aromatic rings. The molecule has 1 aromatic heterocycles. The number of fused-ring (bicyclic) bond motifs is 1. The second-order valence-electron chi connectivity index (χ2n) is 13.3. The number of nitrogens with one attached hydrogen (secondary N) is 2.